The zero-order chi connectivity index (χ0) is 52.8. The number of likely N-dealkylation sites (tertiary alicyclic amines) is 1. The van der Waals surface area contributed by atoms with E-state index in [1.807, 2.05) is 51.1 Å². The molecule has 4 aromatic rings. The van der Waals surface area contributed by atoms with Crippen LogP contribution in [0.1, 0.15) is 122 Å². The van der Waals surface area contributed by atoms with Crippen LogP contribution in [0.15, 0.2) is 102 Å². The van der Waals surface area contributed by atoms with E-state index in [9.17, 15) is 33.9 Å². The van der Waals surface area contributed by atoms with Crippen LogP contribution in [0, 0.1) is 5.41 Å². The van der Waals surface area contributed by atoms with E-state index in [0.717, 1.165) is 55.2 Å². The van der Waals surface area contributed by atoms with Gasteiger partial charge in [0.1, 0.15) is 24.3 Å². The first-order chi connectivity index (χ1) is 35.4. The van der Waals surface area contributed by atoms with Gasteiger partial charge in [0.05, 0.1) is 43.3 Å². The molecule has 2 heterocycles. The molecular formula is C57H72N9O7Si+. The summed E-state index contributed by atoms with van der Waals surface area (Å²) < 4.78 is 0. The lowest BCUT2D eigenvalue weighted by Gasteiger charge is -2.36. The van der Waals surface area contributed by atoms with Crippen LogP contribution in [0.4, 0.5) is 5.69 Å². The quantitative estimate of drug-likeness (QED) is 0.0772. The molecule has 2 fully saturated rings. The van der Waals surface area contributed by atoms with E-state index in [0.29, 0.717) is 34.7 Å². The second kappa shape index (κ2) is 23.3. The van der Waals surface area contributed by atoms with Gasteiger partial charge in [0.2, 0.25) is 29.5 Å². The summed E-state index contributed by atoms with van der Waals surface area (Å²) in [5, 5.41) is 26.6. The number of aryl methyl sites for hydroxylation is 2. The van der Waals surface area contributed by atoms with Crippen molar-refractivity contribution in [3.8, 4) is 0 Å². The summed E-state index contributed by atoms with van der Waals surface area (Å²) >= 11 is 0. The number of aliphatic hydroxyl groups is 1. The van der Waals surface area contributed by atoms with Crippen molar-refractivity contribution in [3.05, 3.63) is 136 Å². The molecule has 4 aromatic carbocycles. The molecular weight excluding hydrogens is 951 g/mol. The smallest absolute Gasteiger partial charge is 0.335 e. The Morgan fingerprint density at radius 1 is 0.784 bits per heavy atom. The number of aliphatic hydroxyl groups excluding tert-OH is 1. The third-order valence-electron chi connectivity index (χ3n) is 15.0. The van der Waals surface area contributed by atoms with Crippen LogP contribution >= 0.6 is 0 Å². The van der Waals surface area contributed by atoms with Crippen molar-refractivity contribution in [2.45, 2.75) is 140 Å². The molecule has 0 saturated carbocycles. The Balaban J connectivity index is 0.885. The third kappa shape index (κ3) is 12.5. The van der Waals surface area contributed by atoms with E-state index < -0.39 is 56.6 Å². The van der Waals surface area contributed by atoms with Gasteiger partial charge < -0.3 is 42.3 Å². The summed E-state index contributed by atoms with van der Waals surface area (Å²) in [6, 6.07) is 26.3. The van der Waals surface area contributed by atoms with Crippen LogP contribution in [-0.2, 0) is 43.2 Å². The predicted octanol–water partition coefficient (Wildman–Crippen LogP) is 5.24. The van der Waals surface area contributed by atoms with E-state index in [1.54, 1.807) is 67.4 Å². The van der Waals surface area contributed by atoms with Gasteiger partial charge in [0.25, 0.3) is 5.91 Å². The van der Waals surface area contributed by atoms with Crippen molar-refractivity contribution in [3.63, 3.8) is 0 Å². The molecule has 4 aliphatic rings. The highest BCUT2D eigenvalue weighted by atomic mass is 28.3. The van der Waals surface area contributed by atoms with Crippen molar-refractivity contribution < 1.29 is 33.9 Å². The maximum atomic E-state index is 14.5. The monoisotopic (exact) mass is 1020 g/mol. The van der Waals surface area contributed by atoms with Crippen molar-refractivity contribution in [2.75, 3.05) is 25.1 Å². The molecule has 2 aliphatic carbocycles. The Labute approximate surface area is 436 Å². The van der Waals surface area contributed by atoms with Crippen LogP contribution in [0.25, 0.3) is 0 Å². The number of benzene rings is 4. The van der Waals surface area contributed by atoms with Crippen LogP contribution < -0.4 is 32.3 Å². The number of hydrogen-bond donors (Lipinski definition) is 7. The second-order valence-corrected chi connectivity index (χ2v) is 24.2. The highest BCUT2D eigenvalue weighted by Crippen LogP contribution is 2.33. The number of nitrogens with two attached hydrogens (primary N) is 1. The van der Waals surface area contributed by atoms with Crippen LogP contribution in [0.2, 0.25) is 12.6 Å². The Bertz CT molecular complexity index is 2740. The average Bonchev–Trinajstić information content (AvgIpc) is 4.01. The highest BCUT2D eigenvalue weighted by Gasteiger charge is 2.49. The normalized spacial score (nSPS) is 21.7. The summed E-state index contributed by atoms with van der Waals surface area (Å²) in [7, 11) is 0.724. The van der Waals surface area contributed by atoms with Gasteiger partial charge in [0, 0.05) is 28.9 Å². The van der Waals surface area contributed by atoms with Crippen molar-refractivity contribution >= 4 is 55.6 Å². The van der Waals surface area contributed by atoms with Crippen molar-refractivity contribution in [1.82, 2.24) is 31.1 Å². The number of amides is 6. The Morgan fingerprint density at radius 2 is 1.36 bits per heavy atom. The molecule has 0 spiro atoms. The van der Waals surface area contributed by atoms with E-state index in [1.165, 1.54) is 16.0 Å². The number of likely N-dealkylation sites (N-methyl/N-ethyl adjacent to an activating group) is 1. The molecule has 16 nitrogen and oxygen atoms in total. The van der Waals surface area contributed by atoms with Gasteiger partial charge in [-0.2, -0.15) is 0 Å². The van der Waals surface area contributed by atoms with Gasteiger partial charge in [0.15, 0.2) is 6.23 Å². The van der Waals surface area contributed by atoms with Gasteiger partial charge in [-0.1, -0.05) is 93.6 Å². The Hall–Kier alpha value is -6.53. The zero-order valence-electron chi connectivity index (χ0n) is 43.5. The highest BCUT2D eigenvalue weighted by molar-refractivity contribution is 6.59. The molecule has 2 aliphatic heterocycles. The van der Waals surface area contributed by atoms with Crippen LogP contribution in [0.3, 0.4) is 0 Å². The number of fused-ring (bicyclic) bond motifs is 2. The van der Waals surface area contributed by atoms with E-state index in [-0.39, 0.29) is 61.0 Å². The minimum Gasteiger partial charge on any atom is -0.368 e. The van der Waals surface area contributed by atoms with Crippen LogP contribution in [-0.4, -0.2) is 115 Å². The largest absolute Gasteiger partial charge is 0.368 e. The standard InChI is InChI=1S/C57H71N9O7Si/c1-34(59-5)50(67)64-49(57(2,3)4)56(73)65-31-41(30-47(65)53(70)62-45-19-11-15-36-13-7-9-17-42(36)45)61-52(69)39-25-27-40(28-26-39)60-51(68)38-23-21-35(22-24-38)29-44(58)55(72)66-33-74(6)32-48(66)54(71)63-46-20-12-16-37-14-8-10-18-43(37)46/h7-10,13-14,17-18,21-28,34,44-49,52,59,69H,11-12,15-16,19-20,29-33,58H2,1-6H3,(H3-,60,62,63,64,67,68,70,71)/p+1/b61-41+/t34-,44?,45?,46+,47?,48?,49?,52?/m0/s1. The number of hydrogen-bond acceptors (Lipinski definition) is 10. The molecule has 74 heavy (non-hydrogen) atoms. The van der Waals surface area contributed by atoms with E-state index in [2.05, 4.69) is 56.3 Å². The molecule has 17 heteroatoms. The molecule has 0 bridgehead atoms. The SMILES string of the molecule is CN[C@@H](C)C(=O)NC(C(=O)N1C/C(=N/C(O)c2ccc(NC(=O)c3ccc(CC(N)C(=O)N4C[Si+](C)CC4C(=O)N[C@@H]4CCCc5ccccc54)cc3)cc2)CC1C(=O)NC1CCCc2ccccc21)C(C)(C)C. The lowest BCUT2D eigenvalue weighted by molar-refractivity contribution is -0.144. The van der Waals surface area contributed by atoms with Gasteiger partial charge in [-0.25, -0.2) is 0 Å². The number of carbonyl (C=O) groups excluding carboxylic acids is 6. The first-order valence-corrected chi connectivity index (χ1v) is 28.5. The molecule has 8 rings (SSSR count). The topological polar surface area (TPSA) is 228 Å². The minimum absolute atomic E-state index is 0.0249. The predicted molar refractivity (Wildman–Crippen MR) is 287 cm³/mol. The van der Waals surface area contributed by atoms with Crippen molar-refractivity contribution in [1.29, 1.82) is 0 Å². The number of nitrogens with one attached hydrogen (secondary N) is 5. The third-order valence-corrected chi connectivity index (χ3v) is 17.0. The lowest BCUT2D eigenvalue weighted by Crippen LogP contribution is -2.59. The fraction of sp³-hybridized carbons (Fsp3) is 0.456. The summed E-state index contributed by atoms with van der Waals surface area (Å²) in [5.41, 5.74) is 13.0. The first kappa shape index (κ1) is 53.7. The maximum absolute atomic E-state index is 14.5. The van der Waals surface area contributed by atoms with E-state index >= 15 is 0 Å². The van der Waals surface area contributed by atoms with Gasteiger partial charge in [-0.3, -0.25) is 38.7 Å². The molecule has 6 unspecified atom stereocenters. The van der Waals surface area contributed by atoms with Crippen molar-refractivity contribution in [2.24, 2.45) is 16.1 Å². The number of nitrogens with zero attached hydrogens (tertiary/aromatic N) is 3. The average molecular weight is 1020 g/mol. The summed E-state index contributed by atoms with van der Waals surface area (Å²) in [6.45, 7) is 9.40. The Kier molecular flexibility index (Phi) is 17.0. The molecule has 8 N–H and O–H groups in total. The number of anilines is 1. The van der Waals surface area contributed by atoms with Gasteiger partial charge in [-0.15, -0.1) is 0 Å². The van der Waals surface area contributed by atoms with Gasteiger partial charge in [-0.05, 0) is 116 Å². The summed E-state index contributed by atoms with van der Waals surface area (Å²) in [5.74, 6) is -1.84. The second-order valence-electron chi connectivity index (χ2n) is 21.6. The number of aliphatic imine (C=N–C) groups is 1. The molecule has 6 amide bonds. The molecule has 0 aromatic heterocycles. The fourth-order valence-electron chi connectivity index (χ4n) is 10.7. The minimum atomic E-state index is -1.34. The maximum Gasteiger partial charge on any atom is 0.335 e. The van der Waals surface area contributed by atoms with E-state index in [4.69, 9.17) is 5.73 Å². The fourth-order valence-corrected chi connectivity index (χ4v) is 12.9. The lowest BCUT2D eigenvalue weighted by atomic mass is 9.85. The molecule has 2 saturated heterocycles. The molecule has 0 radical (unpaired) electrons. The zero-order valence-corrected chi connectivity index (χ0v) is 44.5. The first-order valence-electron chi connectivity index (χ1n) is 26.0. The molecule has 8 atom stereocenters. The Morgan fingerprint density at radius 3 is 1.95 bits per heavy atom. The van der Waals surface area contributed by atoms with Gasteiger partial charge >= 0.3 is 8.80 Å². The van der Waals surface area contributed by atoms with Crippen LogP contribution in [0.5, 0.6) is 0 Å². The summed E-state index contributed by atoms with van der Waals surface area (Å²) in [4.78, 5) is 90.6. The summed E-state index contributed by atoms with van der Waals surface area (Å²) in [6.07, 6.45) is 5.00. The number of carbonyl (C=O) groups is 6. The molecule has 390 valence electrons. The number of rotatable bonds is 15.